The van der Waals surface area contributed by atoms with E-state index in [0.29, 0.717) is 18.1 Å². The molecule has 1 aliphatic rings. The zero-order valence-electron chi connectivity index (χ0n) is 14.5. The molecule has 3 rings (SSSR count). The normalized spacial score (nSPS) is 18.7. The van der Waals surface area contributed by atoms with Gasteiger partial charge in [-0.25, -0.2) is 0 Å². The van der Waals surface area contributed by atoms with Crippen molar-refractivity contribution >= 4 is 33.5 Å². The number of rotatable bonds is 6. The summed E-state index contributed by atoms with van der Waals surface area (Å²) in [5.74, 6) is -0.0129. The first-order chi connectivity index (χ1) is 12.5. The molecule has 1 aliphatic heterocycles. The fourth-order valence-corrected chi connectivity index (χ4v) is 4.08. The second kappa shape index (κ2) is 8.42. The predicted octanol–water partition coefficient (Wildman–Crippen LogP) is 5.14. The van der Waals surface area contributed by atoms with Crippen LogP contribution in [0.15, 0.2) is 46.9 Å². The minimum atomic E-state index is -0.783. The molecular weight excluding hydrogens is 418 g/mol. The van der Waals surface area contributed by atoms with Crippen molar-refractivity contribution in [1.82, 2.24) is 4.90 Å². The lowest BCUT2D eigenvalue weighted by molar-refractivity contribution is -0.142. The molecule has 138 valence electrons. The number of halogens is 2. The van der Waals surface area contributed by atoms with Gasteiger partial charge < -0.3 is 9.84 Å². The average molecular weight is 439 g/mol. The molecule has 0 aliphatic carbocycles. The molecule has 0 bridgehead atoms. The SMILES string of the molecule is CCOc1ccc(Br)cc1C(c1ccc(Cl)cc1)N1CCCC1C(=O)O. The maximum absolute atomic E-state index is 11.8. The van der Waals surface area contributed by atoms with E-state index in [9.17, 15) is 9.90 Å². The van der Waals surface area contributed by atoms with Gasteiger partial charge in [-0.05, 0) is 55.7 Å². The minimum absolute atomic E-state index is 0.213. The van der Waals surface area contributed by atoms with Crippen molar-refractivity contribution in [3.8, 4) is 5.75 Å². The Morgan fingerprint density at radius 1 is 1.35 bits per heavy atom. The number of hydrogen-bond acceptors (Lipinski definition) is 3. The number of likely N-dealkylation sites (tertiary alicyclic amines) is 1. The highest BCUT2D eigenvalue weighted by Gasteiger charge is 2.38. The van der Waals surface area contributed by atoms with Crippen LogP contribution in [0.2, 0.25) is 5.02 Å². The zero-order valence-corrected chi connectivity index (χ0v) is 16.8. The summed E-state index contributed by atoms with van der Waals surface area (Å²) in [6.07, 6.45) is 1.51. The number of nitrogens with zero attached hydrogens (tertiary/aromatic N) is 1. The lowest BCUT2D eigenvalue weighted by atomic mass is 9.95. The van der Waals surface area contributed by atoms with E-state index in [4.69, 9.17) is 16.3 Å². The maximum Gasteiger partial charge on any atom is 0.320 e. The summed E-state index contributed by atoms with van der Waals surface area (Å²) in [6.45, 7) is 3.21. The molecule has 4 nitrogen and oxygen atoms in total. The summed E-state index contributed by atoms with van der Waals surface area (Å²) in [6, 6.07) is 12.8. The second-order valence-electron chi connectivity index (χ2n) is 6.30. The lowest BCUT2D eigenvalue weighted by Crippen LogP contribution is -2.39. The van der Waals surface area contributed by atoms with Gasteiger partial charge in [0.15, 0.2) is 0 Å². The van der Waals surface area contributed by atoms with Crippen LogP contribution in [0.1, 0.15) is 36.9 Å². The highest BCUT2D eigenvalue weighted by molar-refractivity contribution is 9.10. The number of ether oxygens (including phenoxy) is 1. The molecule has 0 amide bonds. The van der Waals surface area contributed by atoms with Gasteiger partial charge in [-0.1, -0.05) is 39.7 Å². The van der Waals surface area contributed by atoms with Crippen molar-refractivity contribution < 1.29 is 14.6 Å². The first kappa shape index (κ1) is 19.2. The number of benzene rings is 2. The van der Waals surface area contributed by atoms with Gasteiger partial charge in [0.2, 0.25) is 0 Å². The van der Waals surface area contributed by atoms with Gasteiger partial charge >= 0.3 is 5.97 Å². The highest BCUT2D eigenvalue weighted by atomic mass is 79.9. The molecule has 0 radical (unpaired) electrons. The molecule has 2 aromatic carbocycles. The minimum Gasteiger partial charge on any atom is -0.494 e. The van der Waals surface area contributed by atoms with E-state index >= 15 is 0 Å². The van der Waals surface area contributed by atoms with Crippen LogP contribution in [0.3, 0.4) is 0 Å². The number of carbonyl (C=O) groups is 1. The highest BCUT2D eigenvalue weighted by Crippen LogP contribution is 2.40. The zero-order chi connectivity index (χ0) is 18.7. The van der Waals surface area contributed by atoms with E-state index < -0.39 is 12.0 Å². The standard InChI is InChI=1S/C20H21BrClNO3/c1-2-26-18-10-7-14(21)12-16(18)19(13-5-8-15(22)9-6-13)23-11-3-4-17(23)20(24)25/h5-10,12,17,19H,2-4,11H2,1H3,(H,24,25). The molecule has 2 atom stereocenters. The van der Waals surface area contributed by atoms with Gasteiger partial charge in [-0.3, -0.25) is 9.69 Å². The Morgan fingerprint density at radius 3 is 2.73 bits per heavy atom. The second-order valence-corrected chi connectivity index (χ2v) is 7.66. The van der Waals surface area contributed by atoms with Crippen molar-refractivity contribution in [2.24, 2.45) is 0 Å². The summed E-state index contributed by atoms with van der Waals surface area (Å²) in [7, 11) is 0. The fraction of sp³-hybridized carbons (Fsp3) is 0.350. The van der Waals surface area contributed by atoms with Crippen LogP contribution in [0.5, 0.6) is 5.75 Å². The maximum atomic E-state index is 11.8. The van der Waals surface area contributed by atoms with E-state index in [0.717, 1.165) is 34.3 Å². The first-order valence-electron chi connectivity index (χ1n) is 8.67. The Kier molecular flexibility index (Phi) is 6.22. The molecule has 2 unspecified atom stereocenters. The fourth-order valence-electron chi connectivity index (χ4n) is 3.58. The summed E-state index contributed by atoms with van der Waals surface area (Å²) < 4.78 is 6.78. The smallest absolute Gasteiger partial charge is 0.320 e. The van der Waals surface area contributed by atoms with Crippen LogP contribution in [-0.4, -0.2) is 35.2 Å². The Balaban J connectivity index is 2.13. The average Bonchev–Trinajstić information content (AvgIpc) is 3.09. The lowest BCUT2D eigenvalue weighted by Gasteiger charge is -2.33. The largest absolute Gasteiger partial charge is 0.494 e. The van der Waals surface area contributed by atoms with Crippen LogP contribution < -0.4 is 4.74 Å². The first-order valence-corrected chi connectivity index (χ1v) is 9.84. The van der Waals surface area contributed by atoms with Gasteiger partial charge in [-0.15, -0.1) is 0 Å². The number of carboxylic acids is 1. The molecule has 1 heterocycles. The van der Waals surface area contributed by atoms with Crippen LogP contribution in [0, 0.1) is 0 Å². The number of aliphatic carboxylic acids is 1. The number of carboxylic acid groups (broad SMARTS) is 1. The molecule has 6 heteroatoms. The van der Waals surface area contributed by atoms with Crippen LogP contribution in [0.25, 0.3) is 0 Å². The molecular formula is C20H21BrClNO3. The third kappa shape index (κ3) is 4.05. The third-order valence-electron chi connectivity index (χ3n) is 4.66. The molecule has 1 N–H and O–H groups in total. The quantitative estimate of drug-likeness (QED) is 0.678. The van der Waals surface area contributed by atoms with Crippen molar-refractivity contribution in [2.45, 2.75) is 31.8 Å². The van der Waals surface area contributed by atoms with Gasteiger partial charge in [0.05, 0.1) is 12.6 Å². The summed E-state index contributed by atoms with van der Waals surface area (Å²) in [5, 5.41) is 10.3. The molecule has 2 aromatic rings. The molecule has 0 saturated carbocycles. The van der Waals surface area contributed by atoms with Crippen molar-refractivity contribution in [1.29, 1.82) is 0 Å². The monoisotopic (exact) mass is 437 g/mol. The number of hydrogen-bond donors (Lipinski definition) is 1. The van der Waals surface area contributed by atoms with Gasteiger partial charge in [0, 0.05) is 21.6 Å². The summed E-state index contributed by atoms with van der Waals surface area (Å²) in [5.41, 5.74) is 1.96. The van der Waals surface area contributed by atoms with Gasteiger partial charge in [0.1, 0.15) is 11.8 Å². The van der Waals surface area contributed by atoms with Crippen molar-refractivity contribution in [3.05, 3.63) is 63.1 Å². The molecule has 26 heavy (non-hydrogen) atoms. The van der Waals surface area contributed by atoms with E-state index in [1.165, 1.54) is 0 Å². The molecule has 1 saturated heterocycles. The van der Waals surface area contributed by atoms with Crippen LogP contribution in [0.4, 0.5) is 0 Å². The molecule has 0 aromatic heterocycles. The van der Waals surface area contributed by atoms with Crippen molar-refractivity contribution in [2.75, 3.05) is 13.2 Å². The Bertz CT molecular complexity index is 781. The van der Waals surface area contributed by atoms with Crippen molar-refractivity contribution in [3.63, 3.8) is 0 Å². The predicted molar refractivity (Wildman–Crippen MR) is 106 cm³/mol. The van der Waals surface area contributed by atoms with E-state index in [-0.39, 0.29) is 6.04 Å². The van der Waals surface area contributed by atoms with E-state index in [1.54, 1.807) is 0 Å². The summed E-state index contributed by atoms with van der Waals surface area (Å²) >= 11 is 9.61. The van der Waals surface area contributed by atoms with Crippen LogP contribution >= 0.6 is 27.5 Å². The molecule has 1 fully saturated rings. The third-order valence-corrected chi connectivity index (χ3v) is 5.41. The topological polar surface area (TPSA) is 49.8 Å². The molecule has 0 spiro atoms. The Hall–Kier alpha value is -1.56. The van der Waals surface area contributed by atoms with Crippen LogP contribution in [-0.2, 0) is 4.79 Å². The van der Waals surface area contributed by atoms with Gasteiger partial charge in [0.25, 0.3) is 0 Å². The Labute approximate surface area is 166 Å². The van der Waals surface area contributed by atoms with E-state index in [1.807, 2.05) is 49.4 Å². The van der Waals surface area contributed by atoms with E-state index in [2.05, 4.69) is 20.8 Å². The van der Waals surface area contributed by atoms with Gasteiger partial charge in [-0.2, -0.15) is 0 Å². The Morgan fingerprint density at radius 2 is 2.08 bits per heavy atom. The summed E-state index contributed by atoms with van der Waals surface area (Å²) in [4.78, 5) is 13.9.